The third-order valence-electron chi connectivity index (χ3n) is 4.22. The molecule has 0 saturated heterocycles. The van der Waals surface area contributed by atoms with Gasteiger partial charge in [-0.05, 0) is 44.0 Å². The first-order valence-electron chi connectivity index (χ1n) is 7.57. The van der Waals surface area contributed by atoms with Crippen molar-refractivity contribution in [2.75, 3.05) is 0 Å². The molecule has 2 rings (SSSR count). The molecule has 0 unspecified atom stereocenters. The van der Waals surface area contributed by atoms with Crippen LogP contribution in [0.1, 0.15) is 37.9 Å². The maximum absolute atomic E-state index is 4.26. The minimum atomic E-state index is 0.134. The summed E-state index contributed by atoms with van der Waals surface area (Å²) in [5, 5.41) is 1.21. The highest BCUT2D eigenvalue weighted by molar-refractivity contribution is 5.91. The van der Waals surface area contributed by atoms with Crippen LogP contribution in [0.15, 0.2) is 41.8 Å². The molecule has 0 atom stereocenters. The summed E-state index contributed by atoms with van der Waals surface area (Å²) in [6.45, 7) is 14.2. The minimum Gasteiger partial charge on any atom is -0.346 e. The fourth-order valence-corrected chi connectivity index (χ4v) is 2.89. The van der Waals surface area contributed by atoms with Gasteiger partial charge in [-0.3, -0.25) is 9.98 Å². The van der Waals surface area contributed by atoms with E-state index in [1.165, 1.54) is 16.6 Å². The number of aromatic nitrogens is 2. The summed E-state index contributed by atoms with van der Waals surface area (Å²) in [5.74, 6) is 0. The first-order valence-corrected chi connectivity index (χ1v) is 7.57. The van der Waals surface area contributed by atoms with Crippen molar-refractivity contribution in [3.8, 4) is 0 Å². The van der Waals surface area contributed by atoms with Crippen LogP contribution in [0.3, 0.4) is 0 Å². The SMILES string of the molecule is C=CCC(C)(C)C/C(=C/c1c(C)n(C)c2cnccc12)N=C. The van der Waals surface area contributed by atoms with Gasteiger partial charge < -0.3 is 4.57 Å². The average Bonchev–Trinajstić information content (AvgIpc) is 2.71. The smallest absolute Gasteiger partial charge is 0.0672 e. The van der Waals surface area contributed by atoms with Crippen LogP contribution >= 0.6 is 0 Å². The summed E-state index contributed by atoms with van der Waals surface area (Å²) in [4.78, 5) is 8.48. The molecule has 0 fully saturated rings. The Kier molecular flexibility index (Phi) is 4.65. The highest BCUT2D eigenvalue weighted by atomic mass is 15.0. The van der Waals surface area contributed by atoms with Crippen LogP contribution in [0.4, 0.5) is 0 Å². The Bertz CT molecular complexity index is 732. The molecular formula is C19H25N3. The van der Waals surface area contributed by atoms with Gasteiger partial charge in [0.25, 0.3) is 0 Å². The number of rotatable bonds is 6. The minimum absolute atomic E-state index is 0.134. The number of aryl methyl sites for hydroxylation is 1. The molecule has 0 aliphatic carbocycles. The van der Waals surface area contributed by atoms with Crippen molar-refractivity contribution in [3.63, 3.8) is 0 Å². The van der Waals surface area contributed by atoms with Crippen molar-refractivity contribution in [1.82, 2.24) is 9.55 Å². The maximum Gasteiger partial charge on any atom is 0.0672 e. The molecule has 0 spiro atoms. The lowest BCUT2D eigenvalue weighted by atomic mass is 9.84. The summed E-state index contributed by atoms with van der Waals surface area (Å²) in [5.41, 5.74) is 4.70. The predicted molar refractivity (Wildman–Crippen MR) is 96.2 cm³/mol. The Morgan fingerprint density at radius 2 is 2.18 bits per heavy atom. The van der Waals surface area contributed by atoms with Gasteiger partial charge in [0.15, 0.2) is 0 Å². The number of allylic oxidation sites excluding steroid dienone is 2. The number of hydrogen-bond donors (Lipinski definition) is 0. The van der Waals surface area contributed by atoms with Gasteiger partial charge >= 0.3 is 0 Å². The van der Waals surface area contributed by atoms with E-state index in [0.29, 0.717) is 0 Å². The molecule has 22 heavy (non-hydrogen) atoms. The van der Waals surface area contributed by atoms with E-state index in [0.717, 1.165) is 24.1 Å². The van der Waals surface area contributed by atoms with Gasteiger partial charge in [-0.25, -0.2) is 0 Å². The van der Waals surface area contributed by atoms with Gasteiger partial charge in [-0.2, -0.15) is 0 Å². The predicted octanol–water partition coefficient (Wildman–Crippen LogP) is 4.92. The summed E-state index contributed by atoms with van der Waals surface area (Å²) in [7, 11) is 2.07. The van der Waals surface area contributed by atoms with E-state index >= 15 is 0 Å². The Balaban J connectivity index is 2.48. The number of aliphatic imine (C=N–C) groups is 1. The molecule has 0 radical (unpaired) electrons. The van der Waals surface area contributed by atoms with E-state index < -0.39 is 0 Å². The molecule has 0 aromatic carbocycles. The van der Waals surface area contributed by atoms with Gasteiger partial charge in [0, 0.05) is 35.6 Å². The van der Waals surface area contributed by atoms with Crippen LogP contribution in [-0.2, 0) is 7.05 Å². The van der Waals surface area contributed by atoms with Gasteiger partial charge in [0.1, 0.15) is 0 Å². The standard InChI is InChI=1S/C19H25N3/c1-7-9-19(3,4)12-15(20-5)11-17-14(2)22(6)18-13-21-10-8-16(17)18/h7-8,10-11,13H,1,5,9,12H2,2-4,6H3/b15-11-. The van der Waals surface area contributed by atoms with E-state index in [9.17, 15) is 0 Å². The van der Waals surface area contributed by atoms with Gasteiger partial charge in [0.2, 0.25) is 0 Å². The molecule has 0 amide bonds. The van der Waals surface area contributed by atoms with Gasteiger partial charge in [0.05, 0.1) is 11.7 Å². The molecule has 0 saturated carbocycles. The quantitative estimate of drug-likeness (QED) is 0.550. The molecule has 3 heteroatoms. The Hall–Kier alpha value is -2.16. The topological polar surface area (TPSA) is 30.2 Å². The lowest BCUT2D eigenvalue weighted by molar-refractivity contribution is 0.368. The Labute approximate surface area is 133 Å². The fraction of sp³-hybridized carbons (Fsp3) is 0.368. The Morgan fingerprint density at radius 3 is 2.82 bits per heavy atom. The van der Waals surface area contributed by atoms with Crippen molar-refractivity contribution >= 4 is 23.7 Å². The normalized spacial score (nSPS) is 12.6. The van der Waals surface area contributed by atoms with Crippen LogP contribution in [-0.4, -0.2) is 16.3 Å². The maximum atomic E-state index is 4.26. The molecule has 3 nitrogen and oxygen atoms in total. The second kappa shape index (κ2) is 6.30. The molecule has 0 aliphatic heterocycles. The summed E-state index contributed by atoms with van der Waals surface area (Å²) >= 11 is 0. The summed E-state index contributed by atoms with van der Waals surface area (Å²) in [6.07, 6.45) is 9.71. The zero-order valence-corrected chi connectivity index (χ0v) is 14.1. The van der Waals surface area contributed by atoms with Gasteiger partial charge in [-0.1, -0.05) is 19.9 Å². The number of fused-ring (bicyclic) bond motifs is 1. The number of pyridine rings is 1. The van der Waals surface area contributed by atoms with Crippen LogP contribution in [0.25, 0.3) is 17.0 Å². The van der Waals surface area contributed by atoms with Crippen LogP contribution in [0.2, 0.25) is 0 Å². The first-order chi connectivity index (χ1) is 10.4. The van der Waals surface area contributed by atoms with Crippen molar-refractivity contribution < 1.29 is 0 Å². The van der Waals surface area contributed by atoms with Crippen molar-refractivity contribution in [3.05, 3.63) is 48.1 Å². The molecule has 2 aromatic heterocycles. The molecule has 0 aliphatic rings. The molecule has 2 aromatic rings. The molecule has 116 valence electrons. The first kappa shape index (κ1) is 16.2. The zero-order valence-electron chi connectivity index (χ0n) is 14.1. The third kappa shape index (κ3) is 3.19. The van der Waals surface area contributed by atoms with Crippen LogP contribution in [0.5, 0.6) is 0 Å². The van der Waals surface area contributed by atoms with E-state index in [-0.39, 0.29) is 5.41 Å². The molecule has 0 N–H and O–H groups in total. The molecular weight excluding hydrogens is 270 g/mol. The second-order valence-electron chi connectivity index (χ2n) is 6.58. The van der Waals surface area contributed by atoms with E-state index in [1.54, 1.807) is 0 Å². The third-order valence-corrected chi connectivity index (χ3v) is 4.22. The van der Waals surface area contributed by atoms with Crippen LogP contribution in [0, 0.1) is 12.3 Å². The molecule has 0 bridgehead atoms. The van der Waals surface area contributed by atoms with Crippen LogP contribution < -0.4 is 0 Å². The van der Waals surface area contributed by atoms with Gasteiger partial charge in [-0.15, -0.1) is 6.58 Å². The monoisotopic (exact) mass is 295 g/mol. The van der Waals surface area contributed by atoms with Crippen molar-refractivity contribution in [1.29, 1.82) is 0 Å². The summed E-state index contributed by atoms with van der Waals surface area (Å²) in [6, 6.07) is 2.06. The Morgan fingerprint density at radius 1 is 1.45 bits per heavy atom. The van der Waals surface area contributed by atoms with E-state index in [2.05, 4.69) is 67.8 Å². The lowest BCUT2D eigenvalue weighted by Gasteiger charge is -2.22. The number of hydrogen-bond acceptors (Lipinski definition) is 2. The zero-order chi connectivity index (χ0) is 16.3. The van der Waals surface area contributed by atoms with Crippen molar-refractivity contribution in [2.45, 2.75) is 33.6 Å². The highest BCUT2D eigenvalue weighted by Crippen LogP contribution is 2.33. The summed E-state index contributed by atoms with van der Waals surface area (Å²) < 4.78 is 2.17. The second-order valence-corrected chi connectivity index (χ2v) is 6.58. The fourth-order valence-electron chi connectivity index (χ4n) is 2.89. The van der Waals surface area contributed by atoms with E-state index in [4.69, 9.17) is 0 Å². The largest absolute Gasteiger partial charge is 0.346 e. The van der Waals surface area contributed by atoms with Crippen molar-refractivity contribution in [2.24, 2.45) is 17.5 Å². The molecule has 2 heterocycles. The van der Waals surface area contributed by atoms with E-state index in [1.807, 2.05) is 18.5 Å². The number of nitrogens with zero attached hydrogens (tertiary/aromatic N) is 3. The average molecular weight is 295 g/mol. The highest BCUT2D eigenvalue weighted by Gasteiger charge is 2.19. The lowest BCUT2D eigenvalue weighted by Crippen LogP contribution is -2.10.